The van der Waals surface area contributed by atoms with Crippen LogP contribution in [-0.2, 0) is 11.3 Å². The predicted octanol–water partition coefficient (Wildman–Crippen LogP) is 0.801. The first-order valence-electron chi connectivity index (χ1n) is 6.17. The standard InChI is InChI=1S/C13H19N3O2/c1-10(17)16-7-5-12(9-16)15-8-11-4-3-6-14-13(11)18-2/h3-4,6,12,15H,5,7-9H2,1-2H3. The summed E-state index contributed by atoms with van der Waals surface area (Å²) in [5, 5.41) is 3.44. The summed E-state index contributed by atoms with van der Waals surface area (Å²) in [6, 6.07) is 4.26. The van der Waals surface area contributed by atoms with E-state index in [-0.39, 0.29) is 5.91 Å². The minimum absolute atomic E-state index is 0.151. The molecule has 1 saturated heterocycles. The van der Waals surface area contributed by atoms with Gasteiger partial charge in [0.1, 0.15) is 0 Å². The van der Waals surface area contributed by atoms with E-state index < -0.39 is 0 Å². The van der Waals surface area contributed by atoms with Crippen LogP contribution in [0.5, 0.6) is 5.88 Å². The maximum atomic E-state index is 11.2. The van der Waals surface area contributed by atoms with Gasteiger partial charge in [-0.2, -0.15) is 0 Å². The van der Waals surface area contributed by atoms with Crippen molar-refractivity contribution < 1.29 is 9.53 Å². The molecule has 1 aliphatic rings. The largest absolute Gasteiger partial charge is 0.481 e. The monoisotopic (exact) mass is 249 g/mol. The fraction of sp³-hybridized carbons (Fsp3) is 0.538. The van der Waals surface area contributed by atoms with Gasteiger partial charge in [-0.1, -0.05) is 6.07 Å². The van der Waals surface area contributed by atoms with Crippen LogP contribution >= 0.6 is 0 Å². The van der Waals surface area contributed by atoms with E-state index in [2.05, 4.69) is 10.3 Å². The Morgan fingerprint density at radius 2 is 2.50 bits per heavy atom. The summed E-state index contributed by atoms with van der Waals surface area (Å²) in [7, 11) is 1.62. The van der Waals surface area contributed by atoms with Crippen molar-refractivity contribution in [2.45, 2.75) is 25.9 Å². The third-order valence-electron chi connectivity index (χ3n) is 3.26. The summed E-state index contributed by atoms with van der Waals surface area (Å²) in [5.74, 6) is 0.810. The lowest BCUT2D eigenvalue weighted by Gasteiger charge is -2.15. The lowest BCUT2D eigenvalue weighted by atomic mass is 10.2. The van der Waals surface area contributed by atoms with Crippen LogP contribution < -0.4 is 10.1 Å². The average Bonchev–Trinajstić information content (AvgIpc) is 2.85. The molecule has 0 saturated carbocycles. The molecule has 98 valence electrons. The number of carbonyl (C=O) groups is 1. The number of aromatic nitrogens is 1. The molecule has 2 heterocycles. The summed E-state index contributed by atoms with van der Waals surface area (Å²) < 4.78 is 5.20. The predicted molar refractivity (Wildman–Crippen MR) is 68.3 cm³/mol. The van der Waals surface area contributed by atoms with Crippen molar-refractivity contribution in [2.24, 2.45) is 0 Å². The number of nitrogens with one attached hydrogen (secondary N) is 1. The van der Waals surface area contributed by atoms with Crippen LogP contribution in [0.25, 0.3) is 0 Å². The number of nitrogens with zero attached hydrogens (tertiary/aromatic N) is 2. The molecule has 2 rings (SSSR count). The fourth-order valence-electron chi connectivity index (χ4n) is 2.21. The maximum Gasteiger partial charge on any atom is 0.219 e. The number of rotatable bonds is 4. The van der Waals surface area contributed by atoms with Crippen LogP contribution in [-0.4, -0.2) is 42.0 Å². The zero-order valence-corrected chi connectivity index (χ0v) is 10.8. The van der Waals surface area contributed by atoms with Crippen LogP contribution in [0, 0.1) is 0 Å². The van der Waals surface area contributed by atoms with Gasteiger partial charge < -0.3 is 15.0 Å². The third kappa shape index (κ3) is 2.98. The number of likely N-dealkylation sites (tertiary alicyclic amines) is 1. The summed E-state index contributed by atoms with van der Waals surface area (Å²) in [6.07, 6.45) is 2.72. The molecule has 1 amide bonds. The van der Waals surface area contributed by atoms with Crippen LogP contribution in [0.3, 0.4) is 0 Å². The minimum Gasteiger partial charge on any atom is -0.481 e. The van der Waals surface area contributed by atoms with Gasteiger partial charge in [-0.15, -0.1) is 0 Å². The number of pyridine rings is 1. The van der Waals surface area contributed by atoms with E-state index in [0.717, 1.165) is 25.1 Å². The Morgan fingerprint density at radius 3 is 3.17 bits per heavy atom. The van der Waals surface area contributed by atoms with E-state index in [9.17, 15) is 4.79 Å². The van der Waals surface area contributed by atoms with Crippen molar-refractivity contribution in [3.05, 3.63) is 23.9 Å². The number of hydrogen-bond acceptors (Lipinski definition) is 4. The molecule has 5 nitrogen and oxygen atoms in total. The van der Waals surface area contributed by atoms with E-state index in [4.69, 9.17) is 4.74 Å². The van der Waals surface area contributed by atoms with Crippen LogP contribution in [0.4, 0.5) is 0 Å². The second kappa shape index (κ2) is 5.82. The summed E-state index contributed by atoms with van der Waals surface area (Å²) in [6.45, 7) is 3.97. The third-order valence-corrected chi connectivity index (χ3v) is 3.26. The van der Waals surface area contributed by atoms with Gasteiger partial charge in [-0.25, -0.2) is 4.98 Å². The molecule has 18 heavy (non-hydrogen) atoms. The van der Waals surface area contributed by atoms with E-state index in [1.807, 2.05) is 17.0 Å². The average molecular weight is 249 g/mol. The highest BCUT2D eigenvalue weighted by Gasteiger charge is 2.23. The van der Waals surface area contributed by atoms with Crippen molar-refractivity contribution in [1.29, 1.82) is 0 Å². The number of hydrogen-bond donors (Lipinski definition) is 1. The summed E-state index contributed by atoms with van der Waals surface area (Å²) in [5.41, 5.74) is 1.04. The van der Waals surface area contributed by atoms with Gasteiger partial charge in [-0.3, -0.25) is 4.79 Å². The molecule has 5 heteroatoms. The zero-order chi connectivity index (χ0) is 13.0. The lowest BCUT2D eigenvalue weighted by Crippen LogP contribution is -2.33. The number of amides is 1. The summed E-state index contributed by atoms with van der Waals surface area (Å²) in [4.78, 5) is 17.3. The van der Waals surface area contributed by atoms with Crippen LogP contribution in [0.15, 0.2) is 18.3 Å². The molecular weight excluding hydrogens is 230 g/mol. The van der Waals surface area contributed by atoms with Crippen molar-refractivity contribution in [2.75, 3.05) is 20.2 Å². The minimum atomic E-state index is 0.151. The highest BCUT2D eigenvalue weighted by molar-refractivity contribution is 5.73. The molecule has 1 aromatic rings. The van der Waals surface area contributed by atoms with Gasteiger partial charge in [0, 0.05) is 44.4 Å². The molecule has 0 spiro atoms. The number of carbonyl (C=O) groups excluding carboxylic acids is 1. The van der Waals surface area contributed by atoms with E-state index in [1.54, 1.807) is 20.2 Å². The highest BCUT2D eigenvalue weighted by Crippen LogP contribution is 2.15. The molecule has 1 fully saturated rings. The number of ether oxygens (including phenoxy) is 1. The first kappa shape index (κ1) is 12.8. The Morgan fingerprint density at radius 1 is 1.67 bits per heavy atom. The van der Waals surface area contributed by atoms with Crippen molar-refractivity contribution in [3.63, 3.8) is 0 Å². The van der Waals surface area contributed by atoms with Gasteiger partial charge in [0.2, 0.25) is 11.8 Å². The van der Waals surface area contributed by atoms with Gasteiger partial charge in [0.15, 0.2) is 0 Å². The molecule has 0 aliphatic carbocycles. The first-order chi connectivity index (χ1) is 8.70. The molecule has 0 radical (unpaired) electrons. The molecule has 1 atom stereocenters. The van der Waals surface area contributed by atoms with Gasteiger partial charge in [0.25, 0.3) is 0 Å². The van der Waals surface area contributed by atoms with Crippen molar-refractivity contribution in [3.8, 4) is 5.88 Å². The Labute approximate surface area is 107 Å². The van der Waals surface area contributed by atoms with Gasteiger partial charge >= 0.3 is 0 Å². The molecule has 1 unspecified atom stereocenters. The second-order valence-corrected chi connectivity index (χ2v) is 4.50. The Balaban J connectivity index is 1.87. The van der Waals surface area contributed by atoms with Crippen molar-refractivity contribution >= 4 is 5.91 Å². The van der Waals surface area contributed by atoms with Gasteiger partial charge in [-0.05, 0) is 12.5 Å². The Hall–Kier alpha value is -1.62. The smallest absolute Gasteiger partial charge is 0.219 e. The zero-order valence-electron chi connectivity index (χ0n) is 10.8. The quantitative estimate of drug-likeness (QED) is 0.857. The topological polar surface area (TPSA) is 54.5 Å². The van der Waals surface area contributed by atoms with Crippen LogP contribution in [0.1, 0.15) is 18.9 Å². The molecule has 0 aromatic carbocycles. The molecule has 1 aliphatic heterocycles. The van der Waals surface area contributed by atoms with E-state index >= 15 is 0 Å². The highest BCUT2D eigenvalue weighted by atomic mass is 16.5. The summed E-state index contributed by atoms with van der Waals surface area (Å²) >= 11 is 0. The lowest BCUT2D eigenvalue weighted by molar-refractivity contribution is -0.127. The second-order valence-electron chi connectivity index (χ2n) is 4.50. The fourth-order valence-corrected chi connectivity index (χ4v) is 2.21. The van der Waals surface area contributed by atoms with E-state index in [0.29, 0.717) is 18.5 Å². The Bertz CT molecular complexity index is 422. The normalized spacial score (nSPS) is 19.0. The van der Waals surface area contributed by atoms with Crippen molar-refractivity contribution in [1.82, 2.24) is 15.2 Å². The Kier molecular flexibility index (Phi) is 4.15. The molecule has 1 aromatic heterocycles. The first-order valence-corrected chi connectivity index (χ1v) is 6.17. The SMILES string of the molecule is COc1ncccc1CNC1CCN(C(C)=O)C1. The van der Waals surface area contributed by atoms with Gasteiger partial charge in [0.05, 0.1) is 7.11 Å². The van der Waals surface area contributed by atoms with Crippen LogP contribution in [0.2, 0.25) is 0 Å². The number of methoxy groups -OCH3 is 1. The molecule has 0 bridgehead atoms. The molecule has 1 N–H and O–H groups in total. The van der Waals surface area contributed by atoms with E-state index in [1.165, 1.54) is 0 Å². The maximum absolute atomic E-state index is 11.2. The molecular formula is C13H19N3O2.